The van der Waals surface area contributed by atoms with Gasteiger partial charge in [0.1, 0.15) is 10.6 Å². The topological polar surface area (TPSA) is 83.9 Å². The van der Waals surface area contributed by atoms with Crippen LogP contribution in [-0.2, 0) is 28.4 Å². The van der Waals surface area contributed by atoms with Gasteiger partial charge in [-0.1, -0.05) is 30.3 Å². The average molecular weight is 447 g/mol. The van der Waals surface area contributed by atoms with Gasteiger partial charge in [0.05, 0.1) is 12.7 Å². The van der Waals surface area contributed by atoms with Crippen molar-refractivity contribution in [1.82, 2.24) is 19.1 Å². The number of aromatic nitrogens is 1. The van der Waals surface area contributed by atoms with E-state index in [4.69, 9.17) is 4.74 Å². The maximum Gasteiger partial charge on any atom is 0.268 e. The molecular weight excluding hydrogens is 416 g/mol. The largest absolute Gasteiger partial charge is 0.374 e. The van der Waals surface area contributed by atoms with Gasteiger partial charge in [-0.3, -0.25) is 9.69 Å². The number of aryl methyl sites for hydroxylation is 1. The van der Waals surface area contributed by atoms with E-state index in [1.165, 1.54) is 22.1 Å². The molecule has 2 fully saturated rings. The third-order valence-corrected chi connectivity index (χ3v) is 7.74. The zero-order valence-corrected chi connectivity index (χ0v) is 18.7. The van der Waals surface area contributed by atoms with Crippen LogP contribution >= 0.6 is 0 Å². The highest BCUT2D eigenvalue weighted by molar-refractivity contribution is 7.89. The van der Waals surface area contributed by atoms with Gasteiger partial charge >= 0.3 is 0 Å². The van der Waals surface area contributed by atoms with Crippen LogP contribution in [-0.4, -0.2) is 73.5 Å². The third-order valence-electron chi connectivity index (χ3n) is 5.88. The van der Waals surface area contributed by atoms with Crippen molar-refractivity contribution in [3.63, 3.8) is 0 Å². The van der Waals surface area contributed by atoms with Gasteiger partial charge in [-0.2, -0.15) is 4.31 Å². The molecule has 2 saturated heterocycles. The summed E-state index contributed by atoms with van der Waals surface area (Å²) in [5, 5.41) is 2.91. The molecule has 3 heterocycles. The highest BCUT2D eigenvalue weighted by Gasteiger charge is 2.29. The van der Waals surface area contributed by atoms with Crippen molar-refractivity contribution < 1.29 is 17.9 Å². The summed E-state index contributed by atoms with van der Waals surface area (Å²) >= 11 is 0. The summed E-state index contributed by atoms with van der Waals surface area (Å²) < 4.78 is 34.4. The molecule has 1 aromatic heterocycles. The number of morpholine rings is 1. The normalized spacial score (nSPS) is 20.7. The second-order valence-electron chi connectivity index (χ2n) is 8.21. The number of rotatable bonds is 7. The van der Waals surface area contributed by atoms with Crippen molar-refractivity contribution in [3.8, 4) is 0 Å². The van der Waals surface area contributed by atoms with Gasteiger partial charge in [-0.25, -0.2) is 8.42 Å². The minimum atomic E-state index is -3.55. The van der Waals surface area contributed by atoms with Gasteiger partial charge in [0.25, 0.3) is 5.91 Å². The second-order valence-corrected chi connectivity index (χ2v) is 10.1. The van der Waals surface area contributed by atoms with Crippen molar-refractivity contribution in [3.05, 3.63) is 53.9 Å². The van der Waals surface area contributed by atoms with E-state index in [1.54, 1.807) is 11.6 Å². The van der Waals surface area contributed by atoms with Gasteiger partial charge in [0.2, 0.25) is 10.0 Å². The molecule has 0 spiro atoms. The summed E-state index contributed by atoms with van der Waals surface area (Å²) in [6.45, 7) is 4.52. The first-order valence-corrected chi connectivity index (χ1v) is 12.2. The number of nitrogens with zero attached hydrogens (tertiary/aromatic N) is 3. The van der Waals surface area contributed by atoms with Crippen molar-refractivity contribution in [2.75, 3.05) is 39.3 Å². The molecule has 1 unspecified atom stereocenters. The Balaban J connectivity index is 1.34. The predicted molar refractivity (Wildman–Crippen MR) is 117 cm³/mol. The molecule has 1 aromatic carbocycles. The lowest BCUT2D eigenvalue weighted by molar-refractivity contribution is -0.0293. The standard InChI is InChI=1S/C22H30N4O4S/c1-24-17-20(31(28,29)26-9-5-6-10-26)13-21(24)22(27)23-14-19-16-25(11-12-30-19)15-18-7-3-2-4-8-18/h2-4,7-8,13,17,19H,5-6,9-12,14-16H2,1H3,(H,23,27). The molecule has 9 heteroatoms. The van der Waals surface area contributed by atoms with Crippen LogP contribution in [0, 0.1) is 0 Å². The molecule has 168 valence electrons. The molecule has 1 amide bonds. The number of carbonyl (C=O) groups is 1. The molecule has 0 aliphatic carbocycles. The number of ether oxygens (including phenoxy) is 1. The van der Waals surface area contributed by atoms with E-state index in [1.807, 2.05) is 18.2 Å². The first-order chi connectivity index (χ1) is 14.9. The van der Waals surface area contributed by atoms with Crippen LogP contribution in [0.5, 0.6) is 0 Å². The second kappa shape index (κ2) is 9.52. The van der Waals surface area contributed by atoms with E-state index in [9.17, 15) is 13.2 Å². The summed E-state index contributed by atoms with van der Waals surface area (Å²) in [5.41, 5.74) is 1.58. The highest BCUT2D eigenvalue weighted by atomic mass is 32.2. The maximum atomic E-state index is 12.8. The summed E-state index contributed by atoms with van der Waals surface area (Å²) in [5.74, 6) is -0.297. The predicted octanol–water partition coefficient (Wildman–Crippen LogP) is 1.44. The molecule has 31 heavy (non-hydrogen) atoms. The molecule has 0 bridgehead atoms. The van der Waals surface area contributed by atoms with Crippen LogP contribution in [0.1, 0.15) is 28.9 Å². The van der Waals surface area contributed by atoms with Crippen molar-refractivity contribution in [2.24, 2.45) is 7.05 Å². The van der Waals surface area contributed by atoms with E-state index in [0.29, 0.717) is 31.9 Å². The number of hydrogen-bond acceptors (Lipinski definition) is 5. The fourth-order valence-electron chi connectivity index (χ4n) is 4.16. The molecule has 2 aliphatic heterocycles. The number of sulfonamides is 1. The molecule has 0 radical (unpaired) electrons. The molecule has 4 rings (SSSR count). The van der Waals surface area contributed by atoms with Gasteiger partial charge in [-0.05, 0) is 24.5 Å². The molecule has 2 aromatic rings. The molecule has 1 atom stereocenters. The Labute approximate surface area is 183 Å². The molecule has 2 aliphatic rings. The minimum absolute atomic E-state index is 0.102. The lowest BCUT2D eigenvalue weighted by Crippen LogP contribution is -2.47. The van der Waals surface area contributed by atoms with Crippen LogP contribution in [0.15, 0.2) is 47.5 Å². The number of hydrogen-bond donors (Lipinski definition) is 1. The van der Waals surface area contributed by atoms with Gasteiger partial charge < -0.3 is 14.6 Å². The zero-order chi connectivity index (χ0) is 21.8. The summed E-state index contributed by atoms with van der Waals surface area (Å²) in [4.78, 5) is 15.2. The Bertz CT molecular complexity index is 1000. The number of benzene rings is 1. The Kier molecular flexibility index (Phi) is 6.76. The van der Waals surface area contributed by atoms with Crippen LogP contribution in [0.2, 0.25) is 0 Å². The van der Waals surface area contributed by atoms with Crippen LogP contribution in [0.4, 0.5) is 0 Å². The first kappa shape index (κ1) is 22.0. The van der Waals surface area contributed by atoms with Gasteiger partial charge in [0, 0.05) is 52.5 Å². The Morgan fingerprint density at radius 1 is 1.16 bits per heavy atom. The van der Waals surface area contributed by atoms with Gasteiger partial charge in [-0.15, -0.1) is 0 Å². The van der Waals surface area contributed by atoms with Crippen molar-refractivity contribution in [1.29, 1.82) is 0 Å². The Hall–Kier alpha value is -2.20. The lowest BCUT2D eigenvalue weighted by atomic mass is 10.2. The fourth-order valence-corrected chi connectivity index (χ4v) is 5.75. The summed E-state index contributed by atoms with van der Waals surface area (Å²) in [6.07, 6.45) is 3.17. The van der Waals surface area contributed by atoms with E-state index in [0.717, 1.165) is 32.5 Å². The van der Waals surface area contributed by atoms with E-state index in [2.05, 4.69) is 22.3 Å². The van der Waals surface area contributed by atoms with Crippen LogP contribution in [0.25, 0.3) is 0 Å². The van der Waals surface area contributed by atoms with E-state index in [-0.39, 0.29) is 16.9 Å². The lowest BCUT2D eigenvalue weighted by Gasteiger charge is -2.33. The smallest absolute Gasteiger partial charge is 0.268 e. The fraction of sp³-hybridized carbons (Fsp3) is 0.500. The molecular formula is C22H30N4O4S. The molecule has 1 N–H and O–H groups in total. The zero-order valence-electron chi connectivity index (χ0n) is 17.9. The molecule has 0 saturated carbocycles. The Morgan fingerprint density at radius 2 is 1.90 bits per heavy atom. The SMILES string of the molecule is Cn1cc(S(=O)(=O)N2CCCC2)cc1C(=O)NCC1CN(Cc2ccccc2)CCO1. The third kappa shape index (κ3) is 5.17. The van der Waals surface area contributed by atoms with Crippen molar-refractivity contribution >= 4 is 15.9 Å². The van der Waals surface area contributed by atoms with E-state index < -0.39 is 10.0 Å². The monoisotopic (exact) mass is 446 g/mol. The van der Waals surface area contributed by atoms with Crippen LogP contribution < -0.4 is 5.32 Å². The van der Waals surface area contributed by atoms with E-state index >= 15 is 0 Å². The quantitative estimate of drug-likeness (QED) is 0.696. The summed E-state index contributed by atoms with van der Waals surface area (Å²) in [7, 11) is -1.85. The maximum absolute atomic E-state index is 12.8. The average Bonchev–Trinajstić information content (AvgIpc) is 3.44. The highest BCUT2D eigenvalue weighted by Crippen LogP contribution is 2.22. The summed E-state index contributed by atoms with van der Waals surface area (Å²) in [6, 6.07) is 11.8. The number of amides is 1. The van der Waals surface area contributed by atoms with Crippen molar-refractivity contribution in [2.45, 2.75) is 30.4 Å². The van der Waals surface area contributed by atoms with Gasteiger partial charge in [0.15, 0.2) is 0 Å². The number of nitrogens with one attached hydrogen (secondary N) is 1. The van der Waals surface area contributed by atoms with Crippen LogP contribution in [0.3, 0.4) is 0 Å². The minimum Gasteiger partial charge on any atom is -0.374 e. The Morgan fingerprint density at radius 3 is 2.65 bits per heavy atom. The molecule has 8 nitrogen and oxygen atoms in total. The number of carbonyl (C=O) groups excluding carboxylic acids is 1. The first-order valence-electron chi connectivity index (χ1n) is 10.8.